The van der Waals surface area contributed by atoms with Gasteiger partial charge in [-0.1, -0.05) is 38.8 Å². The van der Waals surface area contributed by atoms with Crippen LogP contribution in [0.15, 0.2) is 6.33 Å². The number of hydrogen-bond donors (Lipinski definition) is 1. The molecule has 0 saturated heterocycles. The molecule has 0 bridgehead atoms. The van der Waals surface area contributed by atoms with E-state index in [-0.39, 0.29) is 0 Å². The molecule has 0 fully saturated rings. The van der Waals surface area contributed by atoms with E-state index in [2.05, 4.69) is 36.1 Å². The minimum atomic E-state index is 0.460. The Balaban J connectivity index is 2.89. The largest absolute Gasteiger partial charge is 0.367 e. The zero-order chi connectivity index (χ0) is 12.0. The molecule has 1 rings (SSSR count). The number of hydrogen-bond acceptors (Lipinski definition) is 3. The summed E-state index contributed by atoms with van der Waals surface area (Å²) in [6.07, 6.45) is 5.66. The first kappa shape index (κ1) is 13.2. The fourth-order valence-electron chi connectivity index (χ4n) is 1.67. The lowest BCUT2D eigenvalue weighted by Gasteiger charge is -2.18. The van der Waals surface area contributed by atoms with E-state index < -0.39 is 0 Å². The van der Waals surface area contributed by atoms with Crippen molar-refractivity contribution < 1.29 is 0 Å². The lowest BCUT2D eigenvalue weighted by atomic mass is 10.1. The number of rotatable bonds is 6. The molecule has 0 radical (unpaired) electrons. The van der Waals surface area contributed by atoms with Gasteiger partial charge in [0.25, 0.3) is 0 Å². The van der Waals surface area contributed by atoms with Crippen LogP contribution < -0.4 is 5.32 Å². The summed E-state index contributed by atoms with van der Waals surface area (Å²) in [6, 6.07) is 0.460. The maximum atomic E-state index is 6.09. The lowest BCUT2D eigenvalue weighted by Crippen LogP contribution is -2.19. The predicted octanol–water partition coefficient (Wildman–Crippen LogP) is 3.68. The minimum Gasteiger partial charge on any atom is -0.367 e. The van der Waals surface area contributed by atoms with E-state index >= 15 is 0 Å². The maximum absolute atomic E-state index is 6.09. The minimum absolute atomic E-state index is 0.460. The van der Waals surface area contributed by atoms with Crippen molar-refractivity contribution in [3.8, 4) is 0 Å². The van der Waals surface area contributed by atoms with Gasteiger partial charge in [-0.05, 0) is 19.3 Å². The molecular weight excluding hydrogens is 222 g/mol. The first-order valence-corrected chi connectivity index (χ1v) is 6.36. The van der Waals surface area contributed by atoms with Gasteiger partial charge in [0.15, 0.2) is 0 Å². The van der Waals surface area contributed by atoms with Gasteiger partial charge >= 0.3 is 0 Å². The van der Waals surface area contributed by atoms with E-state index in [1.54, 1.807) is 0 Å². The summed E-state index contributed by atoms with van der Waals surface area (Å²) in [5.41, 5.74) is 1.04. The third-order valence-corrected chi connectivity index (χ3v) is 3.04. The van der Waals surface area contributed by atoms with E-state index in [1.165, 1.54) is 6.33 Å². The number of aromatic nitrogens is 2. The Morgan fingerprint density at radius 1 is 1.25 bits per heavy atom. The van der Waals surface area contributed by atoms with Gasteiger partial charge in [-0.25, -0.2) is 9.97 Å². The Bertz CT molecular complexity index is 324. The molecule has 1 aromatic heterocycles. The summed E-state index contributed by atoms with van der Waals surface area (Å²) in [7, 11) is 0. The Hall–Kier alpha value is -0.830. The van der Waals surface area contributed by atoms with Gasteiger partial charge in [0, 0.05) is 11.6 Å². The zero-order valence-corrected chi connectivity index (χ0v) is 11.0. The van der Waals surface area contributed by atoms with Gasteiger partial charge in [-0.3, -0.25) is 0 Å². The van der Waals surface area contributed by atoms with Crippen LogP contribution in [0.3, 0.4) is 0 Å². The monoisotopic (exact) mass is 241 g/mol. The second-order valence-corrected chi connectivity index (χ2v) is 4.26. The van der Waals surface area contributed by atoms with E-state index in [4.69, 9.17) is 11.6 Å². The van der Waals surface area contributed by atoms with Crippen molar-refractivity contribution in [1.82, 2.24) is 9.97 Å². The summed E-state index contributed by atoms with van der Waals surface area (Å²) in [6.45, 7) is 6.47. The van der Waals surface area contributed by atoms with Crippen LogP contribution in [0.1, 0.15) is 45.6 Å². The Morgan fingerprint density at radius 2 is 1.94 bits per heavy atom. The normalized spacial score (nSPS) is 10.8. The van der Waals surface area contributed by atoms with Crippen molar-refractivity contribution in [3.05, 3.63) is 17.0 Å². The van der Waals surface area contributed by atoms with Crippen molar-refractivity contribution >= 4 is 17.4 Å². The van der Waals surface area contributed by atoms with Crippen molar-refractivity contribution in [2.45, 2.75) is 52.5 Å². The van der Waals surface area contributed by atoms with Crippen LogP contribution in [0.25, 0.3) is 0 Å². The number of anilines is 1. The zero-order valence-electron chi connectivity index (χ0n) is 10.3. The number of nitrogens with zero attached hydrogens (tertiary/aromatic N) is 2. The van der Waals surface area contributed by atoms with Crippen LogP contribution in [-0.2, 0) is 6.42 Å². The van der Waals surface area contributed by atoms with Crippen LogP contribution >= 0.6 is 11.6 Å². The van der Waals surface area contributed by atoms with Gasteiger partial charge < -0.3 is 5.32 Å². The average molecular weight is 242 g/mol. The Labute approximate surface area is 103 Å². The highest BCUT2D eigenvalue weighted by atomic mass is 35.5. The maximum Gasteiger partial charge on any atom is 0.137 e. The van der Waals surface area contributed by atoms with Crippen molar-refractivity contribution in [2.24, 2.45) is 0 Å². The van der Waals surface area contributed by atoms with Gasteiger partial charge in [-0.15, -0.1) is 0 Å². The van der Waals surface area contributed by atoms with Crippen molar-refractivity contribution in [3.63, 3.8) is 0 Å². The molecule has 0 saturated carbocycles. The third-order valence-electron chi connectivity index (χ3n) is 2.72. The highest BCUT2D eigenvalue weighted by molar-refractivity contribution is 6.30. The quantitative estimate of drug-likeness (QED) is 0.772. The third kappa shape index (κ3) is 3.34. The van der Waals surface area contributed by atoms with Crippen LogP contribution in [0, 0.1) is 0 Å². The molecule has 0 spiro atoms. The molecule has 1 heterocycles. The Morgan fingerprint density at radius 3 is 2.50 bits per heavy atom. The summed E-state index contributed by atoms with van der Waals surface area (Å²) in [4.78, 5) is 8.32. The predicted molar refractivity (Wildman–Crippen MR) is 69.0 cm³/mol. The first-order chi connectivity index (χ1) is 7.72. The van der Waals surface area contributed by atoms with Crippen LogP contribution in [0.4, 0.5) is 5.82 Å². The van der Waals surface area contributed by atoms with Crippen molar-refractivity contribution in [2.75, 3.05) is 5.32 Å². The molecule has 0 amide bonds. The smallest absolute Gasteiger partial charge is 0.137 e. The van der Waals surface area contributed by atoms with Crippen molar-refractivity contribution in [1.29, 1.82) is 0 Å². The van der Waals surface area contributed by atoms with E-state index in [9.17, 15) is 0 Å². The summed E-state index contributed by atoms with van der Waals surface area (Å²) < 4.78 is 0. The molecule has 16 heavy (non-hydrogen) atoms. The SMILES string of the molecule is CCCc1c(Cl)ncnc1NC(CC)CC. The first-order valence-electron chi connectivity index (χ1n) is 5.98. The topological polar surface area (TPSA) is 37.8 Å². The fourth-order valence-corrected chi connectivity index (χ4v) is 1.90. The standard InChI is InChI=1S/C12H20ClN3/c1-4-7-10-11(13)14-8-15-12(10)16-9(5-2)6-3/h8-9H,4-7H2,1-3H3,(H,14,15,16). The van der Waals surface area contributed by atoms with Crippen LogP contribution in [0.5, 0.6) is 0 Å². The lowest BCUT2D eigenvalue weighted by molar-refractivity contribution is 0.666. The van der Waals surface area contributed by atoms with Crippen LogP contribution in [0.2, 0.25) is 5.15 Å². The van der Waals surface area contributed by atoms with E-state index in [0.29, 0.717) is 11.2 Å². The molecule has 0 atom stereocenters. The molecule has 0 aliphatic rings. The molecule has 1 aromatic rings. The second-order valence-electron chi connectivity index (χ2n) is 3.90. The van der Waals surface area contributed by atoms with Gasteiger partial charge in [0.2, 0.25) is 0 Å². The van der Waals surface area contributed by atoms with Gasteiger partial charge in [-0.2, -0.15) is 0 Å². The molecule has 0 aliphatic carbocycles. The molecule has 0 aromatic carbocycles. The summed E-state index contributed by atoms with van der Waals surface area (Å²) in [5.74, 6) is 0.899. The summed E-state index contributed by atoms with van der Waals surface area (Å²) >= 11 is 6.09. The molecular formula is C12H20ClN3. The van der Waals surface area contributed by atoms with Gasteiger partial charge in [0.1, 0.15) is 17.3 Å². The molecule has 4 heteroatoms. The molecule has 90 valence electrons. The van der Waals surface area contributed by atoms with E-state index in [1.807, 2.05) is 0 Å². The molecule has 0 unspecified atom stereocenters. The Kier molecular flexibility index (Phi) is 5.53. The molecule has 0 aliphatic heterocycles. The highest BCUT2D eigenvalue weighted by Crippen LogP contribution is 2.22. The summed E-state index contributed by atoms with van der Waals surface area (Å²) in [5, 5.41) is 4.01. The second kappa shape index (κ2) is 6.69. The number of nitrogens with one attached hydrogen (secondary N) is 1. The van der Waals surface area contributed by atoms with Crippen LogP contribution in [-0.4, -0.2) is 16.0 Å². The number of halogens is 1. The molecule has 1 N–H and O–H groups in total. The average Bonchev–Trinajstić information content (AvgIpc) is 2.30. The van der Waals surface area contributed by atoms with Gasteiger partial charge in [0.05, 0.1) is 0 Å². The molecule has 3 nitrogen and oxygen atoms in total. The van der Waals surface area contributed by atoms with E-state index in [0.717, 1.165) is 37.1 Å². The fraction of sp³-hybridized carbons (Fsp3) is 0.667. The highest BCUT2D eigenvalue weighted by Gasteiger charge is 2.11.